The zero-order chi connectivity index (χ0) is 19.8. The number of amides is 1. The summed E-state index contributed by atoms with van der Waals surface area (Å²) in [5, 5.41) is 11.1. The van der Waals surface area contributed by atoms with Crippen molar-refractivity contribution in [2.24, 2.45) is 0 Å². The Bertz CT molecular complexity index is 643. The zero-order valence-corrected chi connectivity index (χ0v) is 14.2. The second kappa shape index (κ2) is 6.59. The van der Waals surface area contributed by atoms with Gasteiger partial charge in [-0.15, -0.1) is 0 Å². The number of halogens is 4. The molecule has 13 heteroatoms. The van der Waals surface area contributed by atoms with Crippen molar-refractivity contribution >= 4 is 22.2 Å². The highest BCUT2D eigenvalue weighted by Crippen LogP contribution is 2.38. The minimum absolute atomic E-state index is 0.986. The SMILES string of the molecule is CC(C)(C)OC(=O)N[C@]1(C(=O)O)C[C@H](OS(=O)(=O)C(F)(F)F)[C@@H](F)C1. The molecule has 0 aromatic rings. The Balaban J connectivity index is 2.99. The number of carboxylic acid groups (broad SMARTS) is 1. The topological polar surface area (TPSA) is 119 Å². The van der Waals surface area contributed by atoms with E-state index in [1.807, 2.05) is 5.32 Å². The van der Waals surface area contributed by atoms with Gasteiger partial charge in [0, 0.05) is 12.8 Å². The second-order valence-electron chi connectivity index (χ2n) is 6.47. The molecular weight excluding hydrogens is 378 g/mol. The van der Waals surface area contributed by atoms with Crippen LogP contribution in [0, 0.1) is 0 Å². The first-order valence-corrected chi connectivity index (χ1v) is 8.28. The molecular formula is C12H17F4NO7S. The minimum Gasteiger partial charge on any atom is -0.479 e. The number of aliphatic carboxylic acids is 1. The molecule has 0 aliphatic heterocycles. The Morgan fingerprint density at radius 1 is 1.20 bits per heavy atom. The molecule has 0 bridgehead atoms. The fourth-order valence-electron chi connectivity index (χ4n) is 2.16. The summed E-state index contributed by atoms with van der Waals surface area (Å²) in [6.45, 7) is 4.40. The van der Waals surface area contributed by atoms with Crippen molar-refractivity contribution in [2.45, 2.75) is 62.5 Å². The van der Waals surface area contributed by atoms with E-state index in [4.69, 9.17) is 4.74 Å². The number of carbonyl (C=O) groups excluding carboxylic acids is 1. The summed E-state index contributed by atoms with van der Waals surface area (Å²) in [6.07, 6.45) is -7.86. The first-order chi connectivity index (χ1) is 11.0. The van der Waals surface area contributed by atoms with Crippen LogP contribution in [0.15, 0.2) is 0 Å². The summed E-state index contributed by atoms with van der Waals surface area (Å²) < 4.78 is 81.4. The van der Waals surface area contributed by atoms with E-state index in [2.05, 4.69) is 4.18 Å². The lowest BCUT2D eigenvalue weighted by Gasteiger charge is -2.28. The molecule has 0 heterocycles. The molecule has 1 saturated carbocycles. The van der Waals surface area contributed by atoms with E-state index < -0.39 is 63.9 Å². The quantitative estimate of drug-likeness (QED) is 0.422. The van der Waals surface area contributed by atoms with Gasteiger partial charge in [-0.25, -0.2) is 14.0 Å². The smallest absolute Gasteiger partial charge is 0.479 e. The van der Waals surface area contributed by atoms with Gasteiger partial charge < -0.3 is 15.2 Å². The van der Waals surface area contributed by atoms with Gasteiger partial charge in [0.1, 0.15) is 23.4 Å². The maximum atomic E-state index is 13.9. The Hall–Kier alpha value is -1.63. The van der Waals surface area contributed by atoms with Crippen LogP contribution in [-0.4, -0.2) is 54.5 Å². The van der Waals surface area contributed by atoms with Crippen LogP contribution < -0.4 is 5.32 Å². The third-order valence-electron chi connectivity index (χ3n) is 3.18. The van der Waals surface area contributed by atoms with E-state index in [-0.39, 0.29) is 0 Å². The van der Waals surface area contributed by atoms with E-state index in [9.17, 15) is 40.7 Å². The fraction of sp³-hybridized carbons (Fsp3) is 0.833. The molecule has 0 radical (unpaired) electrons. The zero-order valence-electron chi connectivity index (χ0n) is 13.4. The summed E-state index contributed by atoms with van der Waals surface area (Å²) in [5.41, 5.74) is -9.18. The highest BCUT2D eigenvalue weighted by molar-refractivity contribution is 7.87. The molecule has 1 aliphatic rings. The number of carbonyl (C=O) groups is 2. The molecule has 3 atom stereocenters. The van der Waals surface area contributed by atoms with Crippen LogP contribution in [0.25, 0.3) is 0 Å². The Morgan fingerprint density at radius 2 is 1.72 bits per heavy atom. The van der Waals surface area contributed by atoms with Crippen LogP contribution in [0.3, 0.4) is 0 Å². The summed E-state index contributed by atoms with van der Waals surface area (Å²) in [5.74, 6) is -1.77. The van der Waals surface area contributed by atoms with Gasteiger partial charge in [-0.1, -0.05) is 0 Å². The van der Waals surface area contributed by atoms with Crippen molar-refractivity contribution in [1.29, 1.82) is 0 Å². The number of hydrogen-bond acceptors (Lipinski definition) is 6. The van der Waals surface area contributed by atoms with E-state index in [0.717, 1.165) is 0 Å². The first kappa shape index (κ1) is 21.4. The molecule has 2 N–H and O–H groups in total. The van der Waals surface area contributed by atoms with Gasteiger partial charge in [-0.3, -0.25) is 4.18 Å². The molecule has 1 aliphatic carbocycles. The molecule has 1 rings (SSSR count). The van der Waals surface area contributed by atoms with Gasteiger partial charge in [0.05, 0.1) is 0 Å². The van der Waals surface area contributed by atoms with E-state index in [1.54, 1.807) is 0 Å². The summed E-state index contributed by atoms with van der Waals surface area (Å²) >= 11 is 0. The van der Waals surface area contributed by atoms with Crippen molar-refractivity contribution in [2.75, 3.05) is 0 Å². The minimum atomic E-state index is -6.12. The third-order valence-corrected chi connectivity index (χ3v) is 4.25. The summed E-state index contributed by atoms with van der Waals surface area (Å²) in [7, 11) is -6.12. The average Bonchev–Trinajstić information content (AvgIpc) is 2.62. The molecule has 1 amide bonds. The molecule has 0 spiro atoms. The van der Waals surface area contributed by atoms with Crippen molar-refractivity contribution in [3.63, 3.8) is 0 Å². The highest BCUT2D eigenvalue weighted by atomic mass is 32.2. The number of rotatable bonds is 4. The molecule has 0 aromatic carbocycles. The molecule has 0 saturated heterocycles. The third kappa shape index (κ3) is 5.17. The average molecular weight is 395 g/mol. The summed E-state index contributed by atoms with van der Waals surface area (Å²) in [4.78, 5) is 23.1. The normalized spacial score (nSPS) is 27.8. The van der Waals surface area contributed by atoms with Crippen LogP contribution in [-0.2, 0) is 23.8 Å². The maximum absolute atomic E-state index is 13.9. The van der Waals surface area contributed by atoms with Gasteiger partial charge in [-0.05, 0) is 20.8 Å². The van der Waals surface area contributed by atoms with Crippen LogP contribution in [0.4, 0.5) is 22.4 Å². The lowest BCUT2D eigenvalue weighted by atomic mass is 9.98. The molecule has 0 unspecified atom stereocenters. The Morgan fingerprint density at radius 3 is 2.12 bits per heavy atom. The van der Waals surface area contributed by atoms with Crippen LogP contribution >= 0.6 is 0 Å². The van der Waals surface area contributed by atoms with Gasteiger partial charge in [0.15, 0.2) is 0 Å². The molecule has 1 fully saturated rings. The fourth-order valence-corrected chi connectivity index (χ4v) is 2.78. The number of nitrogens with one attached hydrogen (secondary N) is 1. The second-order valence-corrected chi connectivity index (χ2v) is 8.04. The van der Waals surface area contributed by atoms with Crippen molar-refractivity contribution < 1.29 is 49.6 Å². The van der Waals surface area contributed by atoms with Gasteiger partial charge >= 0.3 is 27.7 Å². The number of alkyl halides is 4. The van der Waals surface area contributed by atoms with Crippen LogP contribution in [0.1, 0.15) is 33.6 Å². The highest BCUT2D eigenvalue weighted by Gasteiger charge is 2.57. The van der Waals surface area contributed by atoms with Crippen molar-refractivity contribution in [3.8, 4) is 0 Å². The maximum Gasteiger partial charge on any atom is 0.523 e. The number of hydrogen-bond donors (Lipinski definition) is 2. The van der Waals surface area contributed by atoms with E-state index >= 15 is 0 Å². The lowest BCUT2D eigenvalue weighted by Crippen LogP contribution is -2.54. The van der Waals surface area contributed by atoms with Crippen molar-refractivity contribution in [3.05, 3.63) is 0 Å². The van der Waals surface area contributed by atoms with Gasteiger partial charge in [-0.2, -0.15) is 21.6 Å². The predicted octanol–water partition coefficient (Wildman–Crippen LogP) is 1.70. The Labute approximate surface area is 140 Å². The summed E-state index contributed by atoms with van der Waals surface area (Å²) in [6, 6.07) is 0. The first-order valence-electron chi connectivity index (χ1n) is 6.87. The number of ether oxygens (including phenoxy) is 1. The largest absolute Gasteiger partial charge is 0.523 e. The molecule has 25 heavy (non-hydrogen) atoms. The molecule has 8 nitrogen and oxygen atoms in total. The molecule has 146 valence electrons. The van der Waals surface area contributed by atoms with Gasteiger partial charge in [0.2, 0.25) is 0 Å². The number of alkyl carbamates (subject to hydrolysis) is 1. The standard InChI is InChI=1S/C12H17F4NO7S/c1-10(2,3)23-9(20)17-11(8(18)19)4-6(13)7(5-11)24-25(21,22)12(14,15)16/h6-7H,4-5H2,1-3H3,(H,17,20)(H,18,19)/t6-,7-,11-/m0/s1. The van der Waals surface area contributed by atoms with Gasteiger partial charge in [0.25, 0.3) is 0 Å². The van der Waals surface area contributed by atoms with Crippen LogP contribution in [0.2, 0.25) is 0 Å². The van der Waals surface area contributed by atoms with E-state index in [0.29, 0.717) is 0 Å². The number of carboxylic acids is 1. The predicted molar refractivity (Wildman–Crippen MR) is 73.7 cm³/mol. The lowest BCUT2D eigenvalue weighted by molar-refractivity contribution is -0.145. The molecule has 0 aromatic heterocycles. The van der Waals surface area contributed by atoms with E-state index in [1.165, 1.54) is 20.8 Å². The Kier molecular flexibility index (Phi) is 5.65. The van der Waals surface area contributed by atoms with Crippen LogP contribution in [0.5, 0.6) is 0 Å². The monoisotopic (exact) mass is 395 g/mol. The van der Waals surface area contributed by atoms with Crippen molar-refractivity contribution in [1.82, 2.24) is 5.32 Å².